The maximum atomic E-state index is 12.7. The molecule has 1 N–H and O–H groups in total. The molecule has 0 aliphatic carbocycles. The zero-order valence-corrected chi connectivity index (χ0v) is 17.3. The average Bonchev–Trinajstić information content (AvgIpc) is 2.62. The summed E-state index contributed by atoms with van der Waals surface area (Å²) in [5.74, 6) is -0.371. The lowest BCUT2D eigenvalue weighted by molar-refractivity contribution is -0.140. The number of rotatable bonds is 7. The second-order valence-corrected chi connectivity index (χ2v) is 6.82. The van der Waals surface area contributed by atoms with Gasteiger partial charge in [-0.05, 0) is 61.8 Å². The predicted molar refractivity (Wildman–Crippen MR) is 104 cm³/mol. The molecule has 0 radical (unpaired) electrons. The first kappa shape index (κ1) is 22.0. The SMILES string of the molecule is COCCOC(=O)C1=C(C)N(C)C(=S)N[C@@H]1c1cc(C)c(OC(F)F)c(C)c1. The molecule has 1 aromatic carbocycles. The third-order valence-corrected chi connectivity index (χ3v) is 4.91. The number of thiocarbonyl (C=S) groups is 1. The predicted octanol–water partition coefficient (Wildman–Crippen LogP) is 3.23. The van der Waals surface area contributed by atoms with Gasteiger partial charge >= 0.3 is 12.6 Å². The summed E-state index contributed by atoms with van der Waals surface area (Å²) in [5, 5.41) is 3.57. The fourth-order valence-electron chi connectivity index (χ4n) is 3.07. The molecule has 9 heteroatoms. The number of carbonyl (C=O) groups excluding carboxylic acids is 1. The van der Waals surface area contributed by atoms with Crippen molar-refractivity contribution in [1.82, 2.24) is 10.2 Å². The van der Waals surface area contributed by atoms with Gasteiger partial charge in [0.25, 0.3) is 0 Å². The summed E-state index contributed by atoms with van der Waals surface area (Å²) in [5.41, 5.74) is 2.82. The molecule has 1 aliphatic rings. The minimum absolute atomic E-state index is 0.117. The Hall–Kier alpha value is -2.26. The van der Waals surface area contributed by atoms with Crippen LogP contribution in [-0.4, -0.2) is 50.0 Å². The Kier molecular flexibility index (Phi) is 7.31. The highest BCUT2D eigenvalue weighted by Crippen LogP contribution is 2.35. The fraction of sp³-hybridized carbons (Fsp3) is 0.474. The van der Waals surface area contributed by atoms with Crippen LogP contribution in [0.4, 0.5) is 8.78 Å². The number of carbonyl (C=O) groups is 1. The summed E-state index contributed by atoms with van der Waals surface area (Å²) < 4.78 is 40.2. The van der Waals surface area contributed by atoms with E-state index in [1.807, 2.05) is 0 Å². The standard InChI is InChI=1S/C19H24F2N2O4S/c1-10-8-13(9-11(2)16(10)27-18(20)21)15-14(17(24)26-7-6-25-5)12(3)23(4)19(28)22-15/h8-9,15,18H,6-7H2,1-5H3,(H,22,28)/t15-/m1/s1. The highest BCUT2D eigenvalue weighted by molar-refractivity contribution is 7.80. The Morgan fingerprint density at radius 3 is 2.39 bits per heavy atom. The van der Waals surface area contributed by atoms with E-state index in [0.717, 1.165) is 0 Å². The molecule has 0 bridgehead atoms. The van der Waals surface area contributed by atoms with Gasteiger partial charge in [0.1, 0.15) is 12.4 Å². The number of hydrogen-bond acceptors (Lipinski definition) is 5. The Labute approximate surface area is 168 Å². The lowest BCUT2D eigenvalue weighted by Crippen LogP contribution is -2.46. The van der Waals surface area contributed by atoms with E-state index >= 15 is 0 Å². The van der Waals surface area contributed by atoms with Crippen molar-refractivity contribution in [3.05, 3.63) is 40.1 Å². The van der Waals surface area contributed by atoms with Crippen molar-refractivity contribution in [3.63, 3.8) is 0 Å². The summed E-state index contributed by atoms with van der Waals surface area (Å²) in [6.07, 6.45) is 0. The van der Waals surface area contributed by atoms with Crippen LogP contribution in [0.2, 0.25) is 0 Å². The minimum Gasteiger partial charge on any atom is -0.460 e. The monoisotopic (exact) mass is 414 g/mol. The normalized spacial score (nSPS) is 17.1. The smallest absolute Gasteiger partial charge is 0.387 e. The van der Waals surface area contributed by atoms with Gasteiger partial charge in [-0.15, -0.1) is 0 Å². The minimum atomic E-state index is -2.91. The molecular formula is C19H24F2N2O4S. The molecule has 28 heavy (non-hydrogen) atoms. The third-order valence-electron chi connectivity index (χ3n) is 4.52. The van der Waals surface area contributed by atoms with E-state index in [1.54, 1.807) is 44.9 Å². The van der Waals surface area contributed by atoms with Gasteiger partial charge < -0.3 is 24.4 Å². The molecule has 2 rings (SSSR count). The maximum absolute atomic E-state index is 12.7. The summed E-state index contributed by atoms with van der Waals surface area (Å²) in [6, 6.07) is 2.83. The lowest BCUT2D eigenvalue weighted by Gasteiger charge is -2.35. The van der Waals surface area contributed by atoms with Gasteiger partial charge in [-0.1, -0.05) is 0 Å². The lowest BCUT2D eigenvalue weighted by atomic mass is 9.92. The van der Waals surface area contributed by atoms with Gasteiger partial charge in [0.15, 0.2) is 5.11 Å². The molecule has 0 saturated heterocycles. The molecule has 1 heterocycles. The second-order valence-electron chi connectivity index (χ2n) is 6.43. The molecule has 0 saturated carbocycles. The van der Waals surface area contributed by atoms with Crippen LogP contribution in [0.15, 0.2) is 23.4 Å². The Morgan fingerprint density at radius 1 is 1.25 bits per heavy atom. The third kappa shape index (κ3) is 4.77. The molecule has 6 nitrogen and oxygen atoms in total. The van der Waals surface area contributed by atoms with Crippen LogP contribution in [0, 0.1) is 13.8 Å². The van der Waals surface area contributed by atoms with E-state index in [9.17, 15) is 13.6 Å². The van der Waals surface area contributed by atoms with Gasteiger partial charge in [-0.3, -0.25) is 0 Å². The maximum Gasteiger partial charge on any atom is 0.387 e. The molecule has 0 aromatic heterocycles. The fourth-order valence-corrected chi connectivity index (χ4v) is 3.33. The molecule has 1 aliphatic heterocycles. The summed E-state index contributed by atoms with van der Waals surface area (Å²) in [6.45, 7) is 2.62. The van der Waals surface area contributed by atoms with Crippen molar-refractivity contribution < 1.29 is 27.8 Å². The molecule has 1 atom stereocenters. The van der Waals surface area contributed by atoms with Gasteiger partial charge in [-0.25, -0.2) is 4.79 Å². The first-order valence-corrected chi connectivity index (χ1v) is 9.05. The molecule has 0 fully saturated rings. The molecule has 154 valence electrons. The van der Waals surface area contributed by atoms with E-state index < -0.39 is 18.6 Å². The van der Waals surface area contributed by atoms with Crippen molar-refractivity contribution >= 4 is 23.3 Å². The summed E-state index contributed by atoms with van der Waals surface area (Å²) in [7, 11) is 3.27. The Bertz CT molecular complexity index is 775. The molecular weight excluding hydrogens is 390 g/mol. The summed E-state index contributed by atoms with van der Waals surface area (Å²) >= 11 is 5.36. The number of halogens is 2. The van der Waals surface area contributed by atoms with Crippen LogP contribution in [0.5, 0.6) is 5.75 Å². The highest BCUT2D eigenvalue weighted by Gasteiger charge is 2.34. The first-order valence-electron chi connectivity index (χ1n) is 8.64. The van der Waals surface area contributed by atoms with E-state index in [0.29, 0.717) is 33.1 Å². The van der Waals surface area contributed by atoms with Crippen molar-refractivity contribution in [2.75, 3.05) is 27.4 Å². The van der Waals surface area contributed by atoms with E-state index in [2.05, 4.69) is 10.1 Å². The van der Waals surface area contributed by atoms with Crippen LogP contribution in [0.3, 0.4) is 0 Å². The van der Waals surface area contributed by atoms with Crippen LogP contribution in [0.1, 0.15) is 29.7 Å². The number of methoxy groups -OCH3 is 1. The topological polar surface area (TPSA) is 60.0 Å². The van der Waals surface area contributed by atoms with Crippen LogP contribution in [-0.2, 0) is 14.3 Å². The van der Waals surface area contributed by atoms with Gasteiger partial charge in [0, 0.05) is 19.9 Å². The van der Waals surface area contributed by atoms with E-state index in [1.165, 1.54) is 7.11 Å². The van der Waals surface area contributed by atoms with Crippen molar-refractivity contribution in [2.45, 2.75) is 33.4 Å². The number of alkyl halides is 2. The number of esters is 1. The van der Waals surface area contributed by atoms with E-state index in [4.69, 9.17) is 21.7 Å². The number of nitrogens with zero attached hydrogens (tertiary/aromatic N) is 1. The van der Waals surface area contributed by atoms with Crippen LogP contribution < -0.4 is 10.1 Å². The van der Waals surface area contributed by atoms with Gasteiger partial charge in [-0.2, -0.15) is 8.78 Å². The van der Waals surface area contributed by atoms with Crippen molar-refractivity contribution in [2.24, 2.45) is 0 Å². The quantitative estimate of drug-likeness (QED) is 0.418. The van der Waals surface area contributed by atoms with Crippen LogP contribution in [0.25, 0.3) is 0 Å². The van der Waals surface area contributed by atoms with Gasteiger partial charge in [0.2, 0.25) is 0 Å². The summed E-state index contributed by atoms with van der Waals surface area (Å²) in [4.78, 5) is 14.4. The Morgan fingerprint density at radius 2 is 1.86 bits per heavy atom. The Balaban J connectivity index is 2.46. The number of benzene rings is 1. The molecule has 0 amide bonds. The number of aryl methyl sites for hydroxylation is 2. The number of allylic oxidation sites excluding steroid dienone is 1. The largest absolute Gasteiger partial charge is 0.460 e. The van der Waals surface area contributed by atoms with Crippen molar-refractivity contribution in [3.8, 4) is 5.75 Å². The average molecular weight is 414 g/mol. The molecule has 0 unspecified atom stereocenters. The van der Waals surface area contributed by atoms with Gasteiger partial charge in [0.05, 0.1) is 18.2 Å². The second kappa shape index (κ2) is 9.29. The molecule has 0 spiro atoms. The van der Waals surface area contributed by atoms with E-state index in [-0.39, 0.29) is 19.0 Å². The highest BCUT2D eigenvalue weighted by atomic mass is 32.1. The zero-order chi connectivity index (χ0) is 21.0. The first-order chi connectivity index (χ1) is 13.2. The zero-order valence-electron chi connectivity index (χ0n) is 16.5. The van der Waals surface area contributed by atoms with Crippen molar-refractivity contribution in [1.29, 1.82) is 0 Å². The number of hydrogen-bond donors (Lipinski definition) is 1. The van der Waals surface area contributed by atoms with Crippen LogP contribution >= 0.6 is 12.2 Å². The number of nitrogens with one attached hydrogen (secondary N) is 1. The molecule has 1 aromatic rings. The number of ether oxygens (including phenoxy) is 3.